The van der Waals surface area contributed by atoms with E-state index in [0.717, 1.165) is 0 Å². The summed E-state index contributed by atoms with van der Waals surface area (Å²) < 4.78 is 15.7. The Balaban J connectivity index is 0.000000262. The van der Waals surface area contributed by atoms with Crippen LogP contribution in [0.4, 0.5) is 0 Å². The van der Waals surface area contributed by atoms with Crippen molar-refractivity contribution in [3.05, 3.63) is 45.1 Å². The summed E-state index contributed by atoms with van der Waals surface area (Å²) in [4.78, 5) is 1.38. The molecule has 3 aromatic rings. The topological polar surface area (TPSA) is 27.7 Å². The highest BCUT2D eigenvalue weighted by atomic mass is 35.8. The molecule has 11 heteroatoms. The van der Waals surface area contributed by atoms with Crippen LogP contribution in [-0.2, 0) is 13.3 Å². The van der Waals surface area contributed by atoms with Gasteiger partial charge in [0.2, 0.25) is 0 Å². The van der Waals surface area contributed by atoms with Crippen LogP contribution in [0.5, 0.6) is 0 Å². The van der Waals surface area contributed by atoms with Gasteiger partial charge in [0, 0.05) is 35.8 Å². The van der Waals surface area contributed by atoms with Crippen molar-refractivity contribution >= 4 is 83.5 Å². The quantitative estimate of drug-likeness (QED) is 0.217. The Labute approximate surface area is 202 Å². The highest BCUT2D eigenvalue weighted by molar-refractivity contribution is 7.54. The average Bonchev–Trinajstić information content (AvgIpc) is 3.42. The molecule has 0 unspecified atom stereocenters. The van der Waals surface area contributed by atoms with E-state index in [9.17, 15) is 0 Å². The lowest BCUT2D eigenvalue weighted by Gasteiger charge is -2.12. The van der Waals surface area contributed by atoms with Crippen molar-refractivity contribution in [2.45, 2.75) is 20.8 Å². The first-order valence-corrected chi connectivity index (χ1v) is 18.3. The molecule has 0 aliphatic carbocycles. The molecule has 0 aliphatic heterocycles. The molecular weight excluding hydrogens is 523 g/mol. The van der Waals surface area contributed by atoms with Gasteiger partial charge in [0.25, 0.3) is 0 Å². The third-order valence-electron chi connectivity index (χ3n) is 3.19. The van der Waals surface area contributed by atoms with E-state index in [1.54, 1.807) is 22.7 Å². The molecule has 0 fully saturated rings. The number of rotatable bonds is 8. The number of hydrogen-bond donors (Lipinski definition) is 0. The summed E-state index contributed by atoms with van der Waals surface area (Å²) in [5.41, 5.74) is 4.04. The van der Waals surface area contributed by atoms with Crippen LogP contribution in [0.1, 0.15) is 20.8 Å². The fourth-order valence-electron chi connectivity index (χ4n) is 2.12. The van der Waals surface area contributed by atoms with Gasteiger partial charge in [-0.2, -0.15) is 22.7 Å². The van der Waals surface area contributed by atoms with Crippen molar-refractivity contribution in [1.82, 2.24) is 0 Å². The van der Waals surface area contributed by atoms with Crippen LogP contribution in [0.3, 0.4) is 0 Å². The Morgan fingerprint density at radius 1 is 0.759 bits per heavy atom. The van der Waals surface area contributed by atoms with E-state index in [-0.39, 0.29) is 0 Å². The largest absolute Gasteiger partial charge is 0.484 e. The first-order chi connectivity index (χ1) is 14.0. The molecule has 3 nitrogen and oxygen atoms in total. The molecular formula is C18H25Cl3O3S3Si2. The van der Waals surface area contributed by atoms with Crippen molar-refractivity contribution < 1.29 is 13.3 Å². The first-order valence-electron chi connectivity index (χ1n) is 8.93. The van der Waals surface area contributed by atoms with E-state index in [0.29, 0.717) is 19.8 Å². The Kier molecular flexibility index (Phi) is 15.9. The maximum absolute atomic E-state index is 5.22. The van der Waals surface area contributed by atoms with Crippen LogP contribution >= 0.6 is 67.2 Å². The smallest absolute Gasteiger partial charge is 0.376 e. The molecule has 0 radical (unpaired) electrons. The van der Waals surface area contributed by atoms with Crippen LogP contribution in [0.2, 0.25) is 0 Å². The molecule has 3 aromatic heterocycles. The summed E-state index contributed by atoms with van der Waals surface area (Å²) in [6.07, 6.45) is 0. The van der Waals surface area contributed by atoms with Crippen LogP contribution in [0.25, 0.3) is 21.6 Å². The molecule has 0 atom stereocenters. The Hall–Kier alpha value is 0.284. The summed E-state index contributed by atoms with van der Waals surface area (Å²) in [5, 5.41) is 10.8. The molecule has 0 saturated heterocycles. The summed E-state index contributed by atoms with van der Waals surface area (Å²) in [5.74, 6) is 0. The van der Waals surface area contributed by atoms with Gasteiger partial charge in [0.1, 0.15) is 0 Å². The van der Waals surface area contributed by atoms with Crippen LogP contribution < -0.4 is 0 Å². The van der Waals surface area contributed by atoms with E-state index in [2.05, 4.69) is 45.1 Å². The van der Waals surface area contributed by atoms with Gasteiger partial charge in [-0.1, -0.05) is 0 Å². The van der Waals surface area contributed by atoms with E-state index in [1.807, 2.05) is 32.1 Å². The third-order valence-corrected chi connectivity index (χ3v) is 7.34. The average molecular weight is 548 g/mol. The van der Waals surface area contributed by atoms with Gasteiger partial charge >= 0.3 is 16.3 Å². The minimum Gasteiger partial charge on any atom is -0.376 e. The van der Waals surface area contributed by atoms with Crippen molar-refractivity contribution in [3.8, 4) is 21.6 Å². The number of halogens is 3. The molecule has 162 valence electrons. The summed E-state index contributed by atoms with van der Waals surface area (Å²) in [7, 11) is -1.73. The fourth-order valence-corrected chi connectivity index (χ4v) is 5.52. The fraction of sp³-hybridized carbons (Fsp3) is 0.333. The van der Waals surface area contributed by atoms with E-state index >= 15 is 0 Å². The molecule has 0 spiro atoms. The lowest BCUT2D eigenvalue weighted by molar-refractivity contribution is 0.107. The standard InChI is InChI=1S/C12H8S3.C6H16O3Si.Cl3HSi/c1-4-13-7-9(1)11-3-6-15-12(11)10-2-5-14-8-10;1-4-7-10(8-5-2)9-6-3;1-4(2)3/h1-8H;10H,4-6H2,1-3H3;4H. The van der Waals surface area contributed by atoms with Crippen molar-refractivity contribution in [3.63, 3.8) is 0 Å². The number of thiophene rings is 3. The lowest BCUT2D eigenvalue weighted by atomic mass is 10.1. The molecule has 0 bridgehead atoms. The Bertz CT molecular complexity index is 675. The van der Waals surface area contributed by atoms with E-state index < -0.39 is 16.3 Å². The van der Waals surface area contributed by atoms with Gasteiger partial charge in [-0.3, -0.25) is 0 Å². The monoisotopic (exact) mass is 546 g/mol. The minimum absolute atomic E-state index is 0.677. The lowest BCUT2D eigenvalue weighted by Crippen LogP contribution is -2.27. The van der Waals surface area contributed by atoms with Crippen molar-refractivity contribution in [2.24, 2.45) is 0 Å². The zero-order valence-electron chi connectivity index (χ0n) is 16.5. The second kappa shape index (κ2) is 16.9. The number of hydrogen-bond acceptors (Lipinski definition) is 6. The molecule has 0 aromatic carbocycles. The van der Waals surface area contributed by atoms with Crippen LogP contribution in [0, 0.1) is 0 Å². The molecule has 3 heterocycles. The second-order valence-electron chi connectivity index (χ2n) is 5.09. The molecule has 0 saturated carbocycles. The predicted molar refractivity (Wildman–Crippen MR) is 138 cm³/mol. The predicted octanol–water partition coefficient (Wildman–Crippen LogP) is 7.44. The highest BCUT2D eigenvalue weighted by Crippen LogP contribution is 2.38. The van der Waals surface area contributed by atoms with Gasteiger partial charge in [0.15, 0.2) is 0 Å². The second-order valence-corrected chi connectivity index (χ2v) is 15.6. The Morgan fingerprint density at radius 2 is 1.24 bits per heavy atom. The molecule has 29 heavy (non-hydrogen) atoms. The summed E-state index contributed by atoms with van der Waals surface area (Å²) in [6, 6.07) is 6.58. The van der Waals surface area contributed by atoms with Gasteiger partial charge in [-0.15, -0.1) is 44.6 Å². The summed E-state index contributed by atoms with van der Waals surface area (Å²) in [6.45, 7) is 6.14. The minimum atomic E-state index is -1.73. The van der Waals surface area contributed by atoms with Crippen LogP contribution in [-0.4, -0.2) is 36.1 Å². The third kappa shape index (κ3) is 11.5. The molecule has 0 amide bonds. The van der Waals surface area contributed by atoms with Gasteiger partial charge < -0.3 is 13.3 Å². The maximum atomic E-state index is 5.22. The van der Waals surface area contributed by atoms with Gasteiger partial charge in [0.05, 0.1) is 0 Å². The molecule has 0 aliphatic rings. The highest BCUT2D eigenvalue weighted by Gasteiger charge is 2.11. The Morgan fingerprint density at radius 3 is 1.66 bits per heavy atom. The van der Waals surface area contributed by atoms with E-state index in [4.69, 9.17) is 46.5 Å². The van der Waals surface area contributed by atoms with E-state index in [1.165, 1.54) is 21.6 Å². The van der Waals surface area contributed by atoms with Gasteiger partial charge in [-0.25, -0.2) is 0 Å². The van der Waals surface area contributed by atoms with Crippen LogP contribution in [0.15, 0.2) is 45.1 Å². The maximum Gasteiger partial charge on any atom is 0.484 e. The SMILES string of the molecule is CCO[SiH](OCC)OCC.Cl[SiH](Cl)Cl.c1cc(-c2ccsc2-c2ccsc2)cs1. The van der Waals surface area contributed by atoms with Crippen molar-refractivity contribution in [1.29, 1.82) is 0 Å². The molecule has 3 rings (SSSR count). The normalized spacial score (nSPS) is 10.5. The molecule has 0 N–H and O–H groups in total. The zero-order valence-corrected chi connectivity index (χ0v) is 23.5. The van der Waals surface area contributed by atoms with Crippen molar-refractivity contribution in [2.75, 3.05) is 19.8 Å². The zero-order chi connectivity index (χ0) is 21.5. The van der Waals surface area contributed by atoms with Gasteiger partial charge in [-0.05, 0) is 71.4 Å². The first kappa shape index (κ1) is 27.3. The summed E-state index contributed by atoms with van der Waals surface area (Å²) >= 11 is 20.2.